The van der Waals surface area contributed by atoms with Crippen molar-refractivity contribution in [1.82, 2.24) is 9.97 Å². The molecule has 0 aliphatic carbocycles. The van der Waals surface area contributed by atoms with Gasteiger partial charge in [-0.2, -0.15) is 4.98 Å². The first kappa shape index (κ1) is 18.9. The van der Waals surface area contributed by atoms with Crippen molar-refractivity contribution < 1.29 is 4.74 Å². The van der Waals surface area contributed by atoms with Crippen LogP contribution in [0.5, 0.6) is 6.01 Å². The summed E-state index contributed by atoms with van der Waals surface area (Å²) in [5.41, 5.74) is 7.94. The Balaban J connectivity index is 0.000000921. The van der Waals surface area contributed by atoms with Gasteiger partial charge in [0.1, 0.15) is 12.4 Å². The number of anilines is 1. The van der Waals surface area contributed by atoms with Gasteiger partial charge in [0, 0.05) is 6.20 Å². The number of aryl methyl sites for hydroxylation is 1. The van der Waals surface area contributed by atoms with Crippen molar-refractivity contribution in [1.29, 1.82) is 0 Å². The summed E-state index contributed by atoms with van der Waals surface area (Å²) in [6, 6.07) is 10.2. The van der Waals surface area contributed by atoms with Crippen molar-refractivity contribution in [3.8, 4) is 6.01 Å². The fourth-order valence-corrected chi connectivity index (χ4v) is 1.44. The highest BCUT2D eigenvalue weighted by Gasteiger charge is 1.99. The molecule has 0 radical (unpaired) electrons. The summed E-state index contributed by atoms with van der Waals surface area (Å²) in [5, 5.41) is 0. The first-order valence-corrected chi connectivity index (χ1v) is 7.57. The first-order valence-electron chi connectivity index (χ1n) is 7.57. The van der Waals surface area contributed by atoms with E-state index in [4.69, 9.17) is 10.5 Å². The van der Waals surface area contributed by atoms with Crippen LogP contribution in [-0.4, -0.2) is 9.97 Å². The lowest BCUT2D eigenvalue weighted by Gasteiger charge is -2.05. The number of ether oxygens (including phenoxy) is 1. The van der Waals surface area contributed by atoms with Crippen LogP contribution >= 0.6 is 0 Å². The van der Waals surface area contributed by atoms with E-state index in [1.807, 2.05) is 39.8 Å². The number of benzene rings is 1. The number of hydrogen-bond acceptors (Lipinski definition) is 4. The third-order valence-electron chi connectivity index (χ3n) is 2.45. The van der Waals surface area contributed by atoms with Crippen LogP contribution in [0.3, 0.4) is 0 Å². The van der Waals surface area contributed by atoms with E-state index in [2.05, 4.69) is 29.0 Å². The second-order valence-corrected chi connectivity index (χ2v) is 3.72. The predicted molar refractivity (Wildman–Crippen MR) is 89.3 cm³/mol. The highest BCUT2D eigenvalue weighted by atomic mass is 16.5. The molecule has 0 aliphatic heterocycles. The van der Waals surface area contributed by atoms with Crippen LogP contribution in [0.4, 0.5) is 5.82 Å². The molecule has 4 heteroatoms. The number of aromatic nitrogens is 2. The Morgan fingerprint density at radius 3 is 2.05 bits per heavy atom. The standard InChI is InChI=1S/C13H15N3O.2C2H6/c1-2-10-3-5-11(6-4-10)9-17-13-15-8-7-12(14)16-13;2*1-2/h3-8H,2,9H2,1H3,(H2,14,15,16);2*1-2H3. The fourth-order valence-electron chi connectivity index (χ4n) is 1.44. The van der Waals surface area contributed by atoms with Gasteiger partial charge in [-0.1, -0.05) is 58.9 Å². The van der Waals surface area contributed by atoms with Crippen molar-refractivity contribution in [2.24, 2.45) is 0 Å². The topological polar surface area (TPSA) is 61.0 Å². The highest BCUT2D eigenvalue weighted by molar-refractivity contribution is 5.27. The van der Waals surface area contributed by atoms with E-state index >= 15 is 0 Å². The zero-order valence-corrected chi connectivity index (χ0v) is 13.8. The second kappa shape index (κ2) is 11.7. The van der Waals surface area contributed by atoms with Crippen LogP contribution < -0.4 is 10.5 Å². The lowest BCUT2D eigenvalue weighted by Crippen LogP contribution is -2.01. The van der Waals surface area contributed by atoms with E-state index < -0.39 is 0 Å². The van der Waals surface area contributed by atoms with Gasteiger partial charge in [0.2, 0.25) is 0 Å². The molecule has 1 aromatic heterocycles. The molecule has 116 valence electrons. The molecule has 0 saturated carbocycles. The highest BCUT2D eigenvalue weighted by Crippen LogP contribution is 2.09. The van der Waals surface area contributed by atoms with Crippen molar-refractivity contribution >= 4 is 5.82 Å². The molecular formula is C17H27N3O. The summed E-state index contributed by atoms with van der Waals surface area (Å²) in [4.78, 5) is 7.94. The third kappa shape index (κ3) is 7.30. The van der Waals surface area contributed by atoms with Gasteiger partial charge >= 0.3 is 6.01 Å². The van der Waals surface area contributed by atoms with E-state index in [1.54, 1.807) is 12.3 Å². The molecule has 0 saturated heterocycles. The molecule has 2 N–H and O–H groups in total. The summed E-state index contributed by atoms with van der Waals surface area (Å²) in [5.74, 6) is 0.413. The lowest BCUT2D eigenvalue weighted by atomic mass is 10.1. The number of nitrogens with two attached hydrogens (primary N) is 1. The average molecular weight is 289 g/mol. The summed E-state index contributed by atoms with van der Waals surface area (Å²) in [6.45, 7) is 10.6. The molecule has 1 heterocycles. The first-order chi connectivity index (χ1) is 10.3. The van der Waals surface area contributed by atoms with Crippen LogP contribution in [-0.2, 0) is 13.0 Å². The normalized spacial score (nSPS) is 8.81. The zero-order chi connectivity index (χ0) is 16.1. The van der Waals surface area contributed by atoms with Gasteiger partial charge in [0.05, 0.1) is 0 Å². The van der Waals surface area contributed by atoms with E-state index in [1.165, 1.54) is 5.56 Å². The quantitative estimate of drug-likeness (QED) is 0.914. The van der Waals surface area contributed by atoms with Crippen LogP contribution in [0.2, 0.25) is 0 Å². The SMILES string of the molecule is CC.CC.CCc1ccc(COc2nccc(N)n2)cc1. The number of nitrogens with zero attached hydrogens (tertiary/aromatic N) is 2. The van der Waals surface area contributed by atoms with Crippen molar-refractivity contribution in [3.05, 3.63) is 47.7 Å². The maximum Gasteiger partial charge on any atom is 0.318 e. The van der Waals surface area contributed by atoms with Gasteiger partial charge in [-0.05, 0) is 23.6 Å². The van der Waals surface area contributed by atoms with Gasteiger partial charge in [-0.25, -0.2) is 4.98 Å². The summed E-state index contributed by atoms with van der Waals surface area (Å²) < 4.78 is 5.44. The Labute approximate surface area is 128 Å². The maximum absolute atomic E-state index is 5.53. The molecule has 2 rings (SSSR count). The molecule has 1 aromatic carbocycles. The predicted octanol–water partition coefficient (Wildman–Crippen LogP) is 4.25. The molecule has 0 unspecified atom stereocenters. The molecule has 0 aliphatic rings. The Morgan fingerprint density at radius 1 is 0.952 bits per heavy atom. The van der Waals surface area contributed by atoms with Crippen LogP contribution in [0.25, 0.3) is 0 Å². The summed E-state index contributed by atoms with van der Waals surface area (Å²) >= 11 is 0. The molecule has 0 fully saturated rings. The van der Waals surface area contributed by atoms with Gasteiger partial charge in [0.15, 0.2) is 0 Å². The van der Waals surface area contributed by atoms with E-state index in [0.29, 0.717) is 18.4 Å². The van der Waals surface area contributed by atoms with Crippen molar-refractivity contribution in [2.75, 3.05) is 5.73 Å². The smallest absolute Gasteiger partial charge is 0.318 e. The van der Waals surface area contributed by atoms with Crippen molar-refractivity contribution in [3.63, 3.8) is 0 Å². The molecule has 21 heavy (non-hydrogen) atoms. The number of nitrogen functional groups attached to an aromatic ring is 1. The molecule has 4 nitrogen and oxygen atoms in total. The second-order valence-electron chi connectivity index (χ2n) is 3.72. The summed E-state index contributed by atoms with van der Waals surface area (Å²) in [6.07, 6.45) is 2.62. The monoisotopic (exact) mass is 289 g/mol. The lowest BCUT2D eigenvalue weighted by molar-refractivity contribution is 0.281. The summed E-state index contributed by atoms with van der Waals surface area (Å²) in [7, 11) is 0. The van der Waals surface area contributed by atoms with Crippen LogP contribution in [0.1, 0.15) is 45.7 Å². The zero-order valence-electron chi connectivity index (χ0n) is 13.8. The number of rotatable bonds is 4. The molecule has 0 spiro atoms. The number of hydrogen-bond donors (Lipinski definition) is 1. The van der Waals surface area contributed by atoms with Crippen LogP contribution in [0, 0.1) is 0 Å². The van der Waals surface area contributed by atoms with Gasteiger partial charge in [0.25, 0.3) is 0 Å². The molecule has 0 atom stereocenters. The maximum atomic E-state index is 5.53. The van der Waals surface area contributed by atoms with Gasteiger partial charge < -0.3 is 10.5 Å². The molecule has 2 aromatic rings. The van der Waals surface area contributed by atoms with E-state index in [9.17, 15) is 0 Å². The minimum Gasteiger partial charge on any atom is -0.459 e. The minimum absolute atomic E-state index is 0.310. The average Bonchev–Trinajstić information content (AvgIpc) is 2.57. The largest absolute Gasteiger partial charge is 0.459 e. The Hall–Kier alpha value is -2.10. The fraction of sp³-hybridized carbons (Fsp3) is 0.412. The molecular weight excluding hydrogens is 262 g/mol. The Kier molecular flexibility index (Phi) is 10.5. The van der Waals surface area contributed by atoms with Crippen molar-refractivity contribution in [2.45, 2.75) is 47.6 Å². The minimum atomic E-state index is 0.310. The molecule has 0 bridgehead atoms. The Bertz CT molecular complexity index is 484. The van der Waals surface area contributed by atoms with Gasteiger partial charge in [-0.3, -0.25) is 0 Å². The van der Waals surface area contributed by atoms with E-state index in [-0.39, 0.29) is 0 Å². The Morgan fingerprint density at radius 2 is 1.52 bits per heavy atom. The van der Waals surface area contributed by atoms with Gasteiger partial charge in [-0.15, -0.1) is 0 Å². The van der Waals surface area contributed by atoms with E-state index in [0.717, 1.165) is 12.0 Å². The van der Waals surface area contributed by atoms with Crippen LogP contribution in [0.15, 0.2) is 36.5 Å². The third-order valence-corrected chi connectivity index (χ3v) is 2.45. The molecule has 0 amide bonds.